The van der Waals surface area contributed by atoms with Crippen LogP contribution in [-0.4, -0.2) is 32.0 Å². The van der Waals surface area contributed by atoms with Gasteiger partial charge in [-0.05, 0) is 49.7 Å². The fourth-order valence-electron chi connectivity index (χ4n) is 2.58. The molecule has 0 aliphatic carbocycles. The van der Waals surface area contributed by atoms with E-state index >= 15 is 0 Å². The van der Waals surface area contributed by atoms with Crippen LogP contribution in [0.4, 0.5) is 0 Å². The number of aromatic nitrogens is 1. The summed E-state index contributed by atoms with van der Waals surface area (Å²) in [7, 11) is 1.68. The highest BCUT2D eigenvalue weighted by atomic mass is 35.5. The first-order valence-corrected chi connectivity index (χ1v) is 10.4. The first-order chi connectivity index (χ1) is 14.2. The largest absolute Gasteiger partial charge is 0.385 e. The molecule has 4 nitrogen and oxygen atoms in total. The molecule has 0 amide bonds. The summed E-state index contributed by atoms with van der Waals surface area (Å²) in [6.07, 6.45) is 1.15. The molecular weight excluding hydrogens is 407 g/mol. The third-order valence-electron chi connectivity index (χ3n) is 3.83. The summed E-state index contributed by atoms with van der Waals surface area (Å²) < 4.78 is 4.54. The van der Waals surface area contributed by atoms with Crippen molar-refractivity contribution in [2.45, 2.75) is 33.7 Å². The molecule has 1 aromatic heterocycles. The summed E-state index contributed by atoms with van der Waals surface area (Å²) in [4.78, 5) is 11.5. The average molecular weight is 439 g/mol. The second-order valence-electron chi connectivity index (χ2n) is 5.57. The topological polar surface area (TPSA) is 54.1 Å². The SMILES string of the molecule is C=O.CC.CCOC.Clc1cccc(Cl)c1.c1ccc2c3c([nH]c2c1)CNCC3. The van der Waals surface area contributed by atoms with E-state index in [-0.39, 0.29) is 0 Å². The smallest absolute Gasteiger partial charge is 0.106 e. The molecule has 0 spiro atoms. The molecular formula is C23H32Cl2N2O2. The molecule has 3 aromatic rings. The maximum absolute atomic E-state index is 8.00. The number of carbonyl (C=O) groups is 1. The minimum Gasteiger partial charge on any atom is -0.385 e. The number of methoxy groups -OCH3 is 1. The third-order valence-corrected chi connectivity index (χ3v) is 4.30. The number of aromatic amines is 1. The van der Waals surface area contributed by atoms with Gasteiger partial charge >= 0.3 is 0 Å². The average Bonchev–Trinajstić information content (AvgIpc) is 3.16. The van der Waals surface area contributed by atoms with E-state index in [9.17, 15) is 0 Å². The summed E-state index contributed by atoms with van der Waals surface area (Å²) in [6.45, 7) is 10.9. The van der Waals surface area contributed by atoms with Gasteiger partial charge in [0.25, 0.3) is 0 Å². The van der Waals surface area contributed by atoms with Gasteiger partial charge in [0, 0.05) is 46.9 Å². The molecule has 0 saturated carbocycles. The highest BCUT2D eigenvalue weighted by molar-refractivity contribution is 6.34. The van der Waals surface area contributed by atoms with E-state index in [0.29, 0.717) is 10.0 Å². The molecule has 0 radical (unpaired) electrons. The van der Waals surface area contributed by atoms with Crippen LogP contribution < -0.4 is 5.32 Å². The van der Waals surface area contributed by atoms with Gasteiger partial charge in [-0.2, -0.15) is 0 Å². The van der Waals surface area contributed by atoms with Gasteiger partial charge in [0.1, 0.15) is 6.79 Å². The van der Waals surface area contributed by atoms with Crippen LogP contribution in [0.3, 0.4) is 0 Å². The van der Waals surface area contributed by atoms with E-state index in [2.05, 4.69) is 39.3 Å². The van der Waals surface area contributed by atoms with Crippen LogP contribution in [0.5, 0.6) is 0 Å². The van der Waals surface area contributed by atoms with Crippen molar-refractivity contribution in [1.82, 2.24) is 10.3 Å². The normalized spacial score (nSPS) is 11.1. The predicted molar refractivity (Wildman–Crippen MR) is 126 cm³/mol. The Balaban J connectivity index is 0.000000424. The summed E-state index contributed by atoms with van der Waals surface area (Å²) in [5, 5.41) is 6.13. The summed E-state index contributed by atoms with van der Waals surface area (Å²) in [5.41, 5.74) is 4.15. The number of hydrogen-bond acceptors (Lipinski definition) is 3. The molecule has 0 atom stereocenters. The van der Waals surface area contributed by atoms with Crippen LogP contribution in [0.1, 0.15) is 32.0 Å². The van der Waals surface area contributed by atoms with Crippen molar-refractivity contribution in [2.24, 2.45) is 0 Å². The Kier molecular flexibility index (Phi) is 16.0. The Bertz CT molecular complexity index is 787. The minimum atomic E-state index is 0.678. The number of halogens is 2. The van der Waals surface area contributed by atoms with Gasteiger partial charge in [0.05, 0.1) is 0 Å². The monoisotopic (exact) mass is 438 g/mol. The molecule has 2 aromatic carbocycles. The first-order valence-electron chi connectivity index (χ1n) is 9.63. The number of para-hydroxylation sites is 1. The summed E-state index contributed by atoms with van der Waals surface area (Å²) in [6, 6.07) is 15.6. The van der Waals surface area contributed by atoms with Crippen molar-refractivity contribution in [1.29, 1.82) is 0 Å². The molecule has 29 heavy (non-hydrogen) atoms. The van der Waals surface area contributed by atoms with Crippen LogP contribution in [0, 0.1) is 0 Å². The number of nitrogens with one attached hydrogen (secondary N) is 2. The molecule has 0 unspecified atom stereocenters. The van der Waals surface area contributed by atoms with E-state index < -0.39 is 0 Å². The lowest BCUT2D eigenvalue weighted by molar-refractivity contribution is -0.0979. The lowest BCUT2D eigenvalue weighted by Gasteiger charge is -2.12. The van der Waals surface area contributed by atoms with Crippen LogP contribution in [-0.2, 0) is 22.5 Å². The van der Waals surface area contributed by atoms with E-state index in [4.69, 9.17) is 28.0 Å². The molecule has 0 bridgehead atoms. The van der Waals surface area contributed by atoms with Crippen LogP contribution in [0.25, 0.3) is 10.9 Å². The van der Waals surface area contributed by atoms with Crippen LogP contribution in [0.15, 0.2) is 48.5 Å². The number of hydrogen-bond donors (Lipinski definition) is 2. The Morgan fingerprint density at radius 2 is 1.62 bits per heavy atom. The number of H-pyrrole nitrogens is 1. The second kappa shape index (κ2) is 17.0. The maximum atomic E-state index is 8.00. The molecule has 0 fully saturated rings. The molecule has 2 heterocycles. The van der Waals surface area contributed by atoms with Crippen molar-refractivity contribution >= 4 is 40.9 Å². The predicted octanol–water partition coefficient (Wildman–Crippen LogP) is 6.30. The summed E-state index contributed by atoms with van der Waals surface area (Å²) >= 11 is 11.1. The molecule has 0 saturated heterocycles. The van der Waals surface area contributed by atoms with Gasteiger partial charge < -0.3 is 19.8 Å². The van der Waals surface area contributed by atoms with Gasteiger partial charge in [0.2, 0.25) is 0 Å². The Labute approximate surface area is 184 Å². The molecule has 2 N–H and O–H groups in total. The molecule has 160 valence electrons. The third kappa shape index (κ3) is 9.95. The van der Waals surface area contributed by atoms with Crippen LogP contribution in [0.2, 0.25) is 10.0 Å². The van der Waals surface area contributed by atoms with E-state index in [1.807, 2.05) is 33.6 Å². The van der Waals surface area contributed by atoms with Crippen molar-refractivity contribution < 1.29 is 9.53 Å². The van der Waals surface area contributed by atoms with Crippen LogP contribution >= 0.6 is 23.2 Å². The number of ether oxygens (including phenoxy) is 1. The quantitative estimate of drug-likeness (QED) is 0.468. The van der Waals surface area contributed by atoms with Crippen molar-refractivity contribution in [3.05, 3.63) is 69.8 Å². The zero-order valence-corrected chi connectivity index (χ0v) is 19.2. The number of rotatable bonds is 1. The molecule has 4 rings (SSSR count). The van der Waals surface area contributed by atoms with Gasteiger partial charge in [0.15, 0.2) is 0 Å². The van der Waals surface area contributed by atoms with E-state index in [0.717, 1.165) is 26.1 Å². The van der Waals surface area contributed by atoms with Crippen molar-refractivity contribution in [2.75, 3.05) is 20.3 Å². The van der Waals surface area contributed by atoms with Crippen molar-refractivity contribution in [3.63, 3.8) is 0 Å². The molecule has 1 aliphatic rings. The van der Waals surface area contributed by atoms with Crippen molar-refractivity contribution in [3.8, 4) is 0 Å². The number of carbonyl (C=O) groups excluding carboxylic acids is 1. The van der Waals surface area contributed by atoms with Gasteiger partial charge in [-0.25, -0.2) is 0 Å². The van der Waals surface area contributed by atoms with Gasteiger partial charge in [-0.3, -0.25) is 0 Å². The lowest BCUT2D eigenvalue weighted by atomic mass is 10.1. The van der Waals surface area contributed by atoms with Gasteiger partial charge in [-0.15, -0.1) is 0 Å². The fourth-order valence-corrected chi connectivity index (χ4v) is 3.02. The molecule has 1 aliphatic heterocycles. The van der Waals surface area contributed by atoms with E-state index in [1.165, 1.54) is 22.2 Å². The molecule has 6 heteroatoms. The highest BCUT2D eigenvalue weighted by Gasteiger charge is 2.13. The first kappa shape index (κ1) is 27.1. The minimum absolute atomic E-state index is 0.678. The standard InChI is InChI=1S/C11H12N2.C6H4Cl2.C3H8O.C2H6.CH2O/c1-2-4-10-8(3-1)9-5-6-12-7-11(9)13-10;7-5-2-1-3-6(8)4-5;1-3-4-2;2*1-2/h1-4,12-13H,5-7H2;1-4H;3H2,1-2H3;1-2H3;1H2. The lowest BCUT2D eigenvalue weighted by Crippen LogP contribution is -2.22. The zero-order chi connectivity index (χ0) is 22.1. The zero-order valence-electron chi connectivity index (χ0n) is 17.7. The Morgan fingerprint density at radius 3 is 2.14 bits per heavy atom. The fraction of sp³-hybridized carbons (Fsp3) is 0.348. The van der Waals surface area contributed by atoms with Gasteiger partial charge in [-0.1, -0.05) is 61.3 Å². The Morgan fingerprint density at radius 1 is 1.03 bits per heavy atom. The highest BCUT2D eigenvalue weighted by Crippen LogP contribution is 2.24. The number of fused-ring (bicyclic) bond motifs is 3. The maximum Gasteiger partial charge on any atom is 0.106 e. The second-order valence-corrected chi connectivity index (χ2v) is 6.44. The van der Waals surface area contributed by atoms with E-state index in [1.54, 1.807) is 25.3 Å². The Hall–Kier alpha value is -1.85. The number of benzene rings is 2. The summed E-state index contributed by atoms with van der Waals surface area (Å²) in [5.74, 6) is 0.